The number of benzene rings is 2. The number of aliphatic imine (C=N–C) groups is 1. The predicted molar refractivity (Wildman–Crippen MR) is 118 cm³/mol. The summed E-state index contributed by atoms with van der Waals surface area (Å²) in [7, 11) is 0. The molecule has 0 aromatic heterocycles. The van der Waals surface area contributed by atoms with Crippen LogP contribution in [0.2, 0.25) is 5.02 Å². The van der Waals surface area contributed by atoms with Crippen LogP contribution in [0, 0.1) is 0 Å². The Morgan fingerprint density at radius 3 is 2.65 bits per heavy atom. The minimum absolute atomic E-state index is 0.0490. The molecule has 0 bridgehead atoms. The SMILES string of the molecule is CCOC(=O)C1=C(O)/C(=C/c2cc3c(cc2Cl)OCO3)SC1=NC(=O)c1ccccc1. The quantitative estimate of drug-likeness (QED) is 0.660. The van der Waals surface area contributed by atoms with Gasteiger partial charge in [0.25, 0.3) is 5.91 Å². The van der Waals surface area contributed by atoms with Crippen LogP contribution in [0.4, 0.5) is 0 Å². The highest BCUT2D eigenvalue weighted by atomic mass is 35.5. The van der Waals surface area contributed by atoms with Crippen LogP contribution in [0.25, 0.3) is 6.08 Å². The van der Waals surface area contributed by atoms with Crippen molar-refractivity contribution in [3.05, 3.63) is 74.9 Å². The van der Waals surface area contributed by atoms with E-state index in [0.717, 1.165) is 11.8 Å². The van der Waals surface area contributed by atoms with Gasteiger partial charge < -0.3 is 19.3 Å². The number of carbonyl (C=O) groups excluding carboxylic acids is 2. The van der Waals surface area contributed by atoms with Crippen LogP contribution in [0.15, 0.2) is 63.7 Å². The van der Waals surface area contributed by atoms with Gasteiger partial charge in [-0.3, -0.25) is 4.79 Å². The van der Waals surface area contributed by atoms with Gasteiger partial charge in [-0.15, -0.1) is 0 Å². The van der Waals surface area contributed by atoms with Crippen LogP contribution in [0.5, 0.6) is 11.5 Å². The molecule has 2 aliphatic rings. The minimum Gasteiger partial charge on any atom is -0.506 e. The highest BCUT2D eigenvalue weighted by molar-refractivity contribution is 8.18. The fraction of sp³-hybridized carbons (Fsp3) is 0.136. The third-order valence-corrected chi connectivity index (χ3v) is 5.72. The highest BCUT2D eigenvalue weighted by Crippen LogP contribution is 2.42. The Morgan fingerprint density at radius 2 is 1.94 bits per heavy atom. The van der Waals surface area contributed by atoms with E-state index in [1.807, 2.05) is 0 Å². The maximum Gasteiger partial charge on any atom is 0.344 e. The van der Waals surface area contributed by atoms with Crippen LogP contribution in [0.1, 0.15) is 22.8 Å². The van der Waals surface area contributed by atoms with Gasteiger partial charge in [-0.2, -0.15) is 0 Å². The van der Waals surface area contributed by atoms with Gasteiger partial charge in [0, 0.05) is 11.6 Å². The number of aliphatic hydroxyl groups excluding tert-OH is 1. The van der Waals surface area contributed by atoms with Crippen LogP contribution in [0.3, 0.4) is 0 Å². The molecule has 158 valence electrons. The van der Waals surface area contributed by atoms with Gasteiger partial charge in [0.2, 0.25) is 6.79 Å². The van der Waals surface area contributed by atoms with Gasteiger partial charge in [-0.05, 0) is 36.8 Å². The first-order valence-electron chi connectivity index (χ1n) is 9.25. The molecule has 9 heteroatoms. The molecule has 31 heavy (non-hydrogen) atoms. The molecule has 2 aliphatic heterocycles. The summed E-state index contributed by atoms with van der Waals surface area (Å²) >= 11 is 7.30. The largest absolute Gasteiger partial charge is 0.506 e. The monoisotopic (exact) mass is 457 g/mol. The molecule has 0 saturated heterocycles. The maximum atomic E-state index is 12.6. The van der Waals surface area contributed by atoms with Crippen molar-refractivity contribution < 1.29 is 28.9 Å². The predicted octanol–water partition coefficient (Wildman–Crippen LogP) is 4.77. The Kier molecular flexibility index (Phi) is 6.01. The summed E-state index contributed by atoms with van der Waals surface area (Å²) < 4.78 is 15.7. The van der Waals surface area contributed by atoms with Crippen molar-refractivity contribution >= 4 is 46.4 Å². The molecule has 1 amide bonds. The molecule has 0 atom stereocenters. The molecule has 0 saturated carbocycles. The van der Waals surface area contributed by atoms with Crippen molar-refractivity contribution in [3.8, 4) is 11.5 Å². The highest BCUT2D eigenvalue weighted by Gasteiger charge is 2.34. The summed E-state index contributed by atoms with van der Waals surface area (Å²) in [5, 5.41) is 11.2. The van der Waals surface area contributed by atoms with Crippen LogP contribution in [-0.2, 0) is 9.53 Å². The van der Waals surface area contributed by atoms with Crippen molar-refractivity contribution in [3.63, 3.8) is 0 Å². The van der Waals surface area contributed by atoms with E-state index in [9.17, 15) is 14.7 Å². The number of fused-ring (bicyclic) bond motifs is 1. The van der Waals surface area contributed by atoms with E-state index in [0.29, 0.717) is 32.6 Å². The topological polar surface area (TPSA) is 94.4 Å². The summed E-state index contributed by atoms with van der Waals surface area (Å²) in [4.78, 5) is 29.4. The van der Waals surface area contributed by atoms with Gasteiger partial charge in [0.15, 0.2) is 11.5 Å². The summed E-state index contributed by atoms with van der Waals surface area (Å²) in [5.41, 5.74) is 0.729. The Labute approximate surface area is 187 Å². The smallest absolute Gasteiger partial charge is 0.344 e. The van der Waals surface area contributed by atoms with E-state index in [1.165, 1.54) is 0 Å². The van der Waals surface area contributed by atoms with Crippen molar-refractivity contribution in [1.29, 1.82) is 0 Å². The number of nitrogens with zero attached hydrogens (tertiary/aromatic N) is 1. The number of thioether (sulfide) groups is 1. The van der Waals surface area contributed by atoms with E-state index < -0.39 is 11.9 Å². The lowest BCUT2D eigenvalue weighted by Crippen LogP contribution is -2.14. The second kappa shape index (κ2) is 8.87. The Balaban J connectivity index is 1.74. The van der Waals surface area contributed by atoms with Crippen LogP contribution in [-0.4, -0.2) is 35.4 Å². The number of aliphatic hydroxyl groups is 1. The van der Waals surface area contributed by atoms with E-state index >= 15 is 0 Å². The van der Waals surface area contributed by atoms with Gasteiger partial charge in [0.1, 0.15) is 16.4 Å². The average Bonchev–Trinajstić information content (AvgIpc) is 3.33. The normalized spacial score (nSPS) is 17.5. The number of hydrogen-bond acceptors (Lipinski definition) is 7. The molecular formula is C22H16ClNO6S. The molecule has 0 aliphatic carbocycles. The lowest BCUT2D eigenvalue weighted by Gasteiger charge is -2.03. The lowest BCUT2D eigenvalue weighted by atomic mass is 10.1. The zero-order valence-electron chi connectivity index (χ0n) is 16.3. The Hall–Kier alpha value is -3.23. The fourth-order valence-electron chi connectivity index (χ4n) is 2.91. The maximum absolute atomic E-state index is 12.6. The molecule has 1 N–H and O–H groups in total. The number of esters is 1. The number of carbonyl (C=O) groups is 2. The van der Waals surface area contributed by atoms with Crippen LogP contribution < -0.4 is 9.47 Å². The number of rotatable bonds is 4. The number of hydrogen-bond donors (Lipinski definition) is 1. The molecule has 7 nitrogen and oxygen atoms in total. The van der Waals surface area contributed by atoms with E-state index in [1.54, 1.807) is 55.5 Å². The fourth-order valence-corrected chi connectivity index (χ4v) is 4.13. The number of amides is 1. The lowest BCUT2D eigenvalue weighted by molar-refractivity contribution is -0.138. The first kappa shape index (κ1) is 21.0. The molecular weight excluding hydrogens is 442 g/mol. The van der Waals surface area contributed by atoms with Gasteiger partial charge in [-0.1, -0.05) is 41.6 Å². The summed E-state index contributed by atoms with van der Waals surface area (Å²) in [6.07, 6.45) is 1.58. The molecule has 0 unspecified atom stereocenters. The van der Waals surface area contributed by atoms with Crippen molar-refractivity contribution in [1.82, 2.24) is 0 Å². The number of halogens is 1. The Morgan fingerprint density at radius 1 is 1.23 bits per heavy atom. The zero-order chi connectivity index (χ0) is 22.0. The van der Waals surface area contributed by atoms with E-state index in [-0.39, 0.29) is 29.8 Å². The van der Waals surface area contributed by atoms with Crippen molar-refractivity contribution in [2.75, 3.05) is 13.4 Å². The molecule has 2 heterocycles. The molecule has 2 aromatic rings. The first-order valence-corrected chi connectivity index (χ1v) is 10.4. The standard InChI is InChI=1S/C22H16ClNO6S/c1-2-28-22(27)18-19(25)17(9-13-8-15-16(10-14(13)23)30-11-29-15)31-21(18)24-20(26)12-6-4-3-5-7-12/h3-10,25H,2,11H2,1H3/b17-9-,24-21?. The molecule has 0 spiro atoms. The average molecular weight is 458 g/mol. The summed E-state index contributed by atoms with van der Waals surface area (Å²) in [5.74, 6) is -0.612. The first-order chi connectivity index (χ1) is 15.0. The second-order valence-corrected chi connectivity index (χ2v) is 7.81. The van der Waals surface area contributed by atoms with Gasteiger partial charge >= 0.3 is 5.97 Å². The van der Waals surface area contributed by atoms with Gasteiger partial charge in [-0.25, -0.2) is 9.79 Å². The third-order valence-electron chi connectivity index (χ3n) is 4.37. The molecule has 4 rings (SSSR count). The summed E-state index contributed by atoms with van der Waals surface area (Å²) in [6.45, 7) is 1.84. The van der Waals surface area contributed by atoms with Crippen molar-refractivity contribution in [2.45, 2.75) is 6.92 Å². The van der Waals surface area contributed by atoms with Crippen molar-refractivity contribution in [2.24, 2.45) is 4.99 Å². The van der Waals surface area contributed by atoms with E-state index in [4.69, 9.17) is 25.8 Å². The molecule has 0 fully saturated rings. The van der Waals surface area contributed by atoms with Crippen LogP contribution >= 0.6 is 23.4 Å². The zero-order valence-corrected chi connectivity index (χ0v) is 17.8. The Bertz CT molecular complexity index is 1160. The summed E-state index contributed by atoms with van der Waals surface area (Å²) in [6, 6.07) is 11.7. The minimum atomic E-state index is -0.771. The number of ether oxygens (including phenoxy) is 3. The third kappa shape index (κ3) is 4.30. The van der Waals surface area contributed by atoms with Gasteiger partial charge in [0.05, 0.1) is 16.5 Å². The molecule has 2 aromatic carbocycles. The molecule has 0 radical (unpaired) electrons. The van der Waals surface area contributed by atoms with E-state index in [2.05, 4.69) is 4.99 Å². The second-order valence-electron chi connectivity index (χ2n) is 6.37.